The highest BCUT2D eigenvalue weighted by Crippen LogP contribution is 2.22. The highest BCUT2D eigenvalue weighted by molar-refractivity contribution is 5.77. The molecule has 0 saturated carbocycles. The second-order valence-corrected chi connectivity index (χ2v) is 7.40. The molecule has 0 aliphatic carbocycles. The van der Waals surface area contributed by atoms with Crippen molar-refractivity contribution in [1.82, 2.24) is 9.80 Å². The van der Waals surface area contributed by atoms with E-state index in [0.29, 0.717) is 25.6 Å². The summed E-state index contributed by atoms with van der Waals surface area (Å²) in [6, 6.07) is 6.93. The molecular formula is C20H29FN2O3. The second-order valence-electron chi connectivity index (χ2n) is 7.40. The van der Waals surface area contributed by atoms with E-state index in [1.807, 2.05) is 12.1 Å². The topological polar surface area (TPSA) is 53.0 Å². The maximum Gasteiger partial charge on any atom is 0.248 e. The minimum atomic E-state index is -0.446. The largest absolute Gasteiger partial charge is 0.387 e. The van der Waals surface area contributed by atoms with E-state index in [4.69, 9.17) is 4.74 Å². The fraction of sp³-hybridized carbons (Fsp3) is 0.650. The first kappa shape index (κ1) is 19.3. The Labute approximate surface area is 154 Å². The number of rotatable bonds is 7. The summed E-state index contributed by atoms with van der Waals surface area (Å²) in [4.78, 5) is 16.1. The fourth-order valence-electron chi connectivity index (χ4n) is 3.92. The zero-order chi connectivity index (χ0) is 18.4. The summed E-state index contributed by atoms with van der Waals surface area (Å²) >= 11 is 0. The first-order valence-electron chi connectivity index (χ1n) is 9.61. The van der Waals surface area contributed by atoms with Crippen LogP contribution in [0.1, 0.15) is 31.2 Å². The van der Waals surface area contributed by atoms with Gasteiger partial charge in [0, 0.05) is 31.8 Å². The van der Waals surface area contributed by atoms with Crippen LogP contribution >= 0.6 is 0 Å². The maximum atomic E-state index is 13.8. The van der Waals surface area contributed by atoms with Crippen LogP contribution in [0.3, 0.4) is 0 Å². The molecule has 1 N–H and O–H groups in total. The Bertz CT molecular complexity index is 584. The fourth-order valence-corrected chi connectivity index (χ4v) is 3.92. The smallest absolute Gasteiger partial charge is 0.248 e. The van der Waals surface area contributed by atoms with E-state index in [9.17, 15) is 14.3 Å². The van der Waals surface area contributed by atoms with Gasteiger partial charge in [-0.05, 0) is 50.8 Å². The van der Waals surface area contributed by atoms with Crippen LogP contribution in [-0.4, -0.2) is 66.3 Å². The molecule has 144 valence electrons. The second kappa shape index (κ2) is 9.44. The number of hydrogen-bond donors (Lipinski definition) is 1. The number of halogens is 1. The minimum Gasteiger partial charge on any atom is -0.387 e. The Morgan fingerprint density at radius 1 is 1.23 bits per heavy atom. The van der Waals surface area contributed by atoms with E-state index in [1.54, 1.807) is 11.0 Å². The number of aliphatic hydroxyl groups is 1. The average Bonchev–Trinajstić information content (AvgIpc) is 3.17. The van der Waals surface area contributed by atoms with Gasteiger partial charge in [-0.2, -0.15) is 0 Å². The third kappa shape index (κ3) is 5.25. The number of piperidine rings is 1. The van der Waals surface area contributed by atoms with Crippen molar-refractivity contribution in [3.8, 4) is 0 Å². The van der Waals surface area contributed by atoms with Gasteiger partial charge in [-0.25, -0.2) is 4.39 Å². The molecule has 2 saturated heterocycles. The summed E-state index contributed by atoms with van der Waals surface area (Å²) in [5, 5.41) is 9.26. The monoisotopic (exact) mass is 364 g/mol. The average molecular weight is 364 g/mol. The summed E-state index contributed by atoms with van der Waals surface area (Å²) in [6.45, 7) is 4.01. The number of ether oxygens (including phenoxy) is 1. The molecule has 0 aromatic heterocycles. The van der Waals surface area contributed by atoms with Crippen molar-refractivity contribution < 1.29 is 19.0 Å². The maximum absolute atomic E-state index is 13.8. The van der Waals surface area contributed by atoms with Gasteiger partial charge in [0.25, 0.3) is 0 Å². The van der Waals surface area contributed by atoms with E-state index in [0.717, 1.165) is 50.9 Å². The van der Waals surface area contributed by atoms with Gasteiger partial charge in [0.1, 0.15) is 12.4 Å². The summed E-state index contributed by atoms with van der Waals surface area (Å²) in [5.74, 6) is 0.0592. The highest BCUT2D eigenvalue weighted by Gasteiger charge is 2.27. The van der Waals surface area contributed by atoms with Crippen molar-refractivity contribution in [2.24, 2.45) is 5.92 Å². The van der Waals surface area contributed by atoms with Crippen molar-refractivity contribution in [3.05, 3.63) is 35.6 Å². The lowest BCUT2D eigenvalue weighted by Gasteiger charge is -2.35. The predicted octanol–water partition coefficient (Wildman–Crippen LogP) is 2.04. The molecule has 1 unspecified atom stereocenters. The van der Waals surface area contributed by atoms with Crippen LogP contribution in [0.2, 0.25) is 0 Å². The number of carbonyl (C=O) groups excluding carboxylic acids is 1. The Morgan fingerprint density at radius 2 is 2.00 bits per heavy atom. The van der Waals surface area contributed by atoms with E-state index in [2.05, 4.69) is 4.90 Å². The quantitative estimate of drug-likeness (QED) is 0.804. The molecule has 26 heavy (non-hydrogen) atoms. The molecule has 5 nitrogen and oxygen atoms in total. The molecular weight excluding hydrogens is 335 g/mol. The highest BCUT2D eigenvalue weighted by atomic mass is 19.1. The van der Waals surface area contributed by atoms with Crippen molar-refractivity contribution in [1.29, 1.82) is 0 Å². The molecule has 0 spiro atoms. The van der Waals surface area contributed by atoms with Gasteiger partial charge in [0.05, 0.1) is 6.10 Å². The molecule has 2 fully saturated rings. The third-order valence-corrected chi connectivity index (χ3v) is 5.47. The van der Waals surface area contributed by atoms with Gasteiger partial charge in [-0.15, -0.1) is 0 Å². The van der Waals surface area contributed by atoms with Crippen LogP contribution in [0.4, 0.5) is 4.39 Å². The van der Waals surface area contributed by atoms with Crippen LogP contribution < -0.4 is 0 Å². The van der Waals surface area contributed by atoms with Crippen molar-refractivity contribution in [3.63, 3.8) is 0 Å². The molecule has 3 rings (SSSR count). The zero-order valence-corrected chi connectivity index (χ0v) is 15.3. The minimum absolute atomic E-state index is 0.103. The molecule has 2 aliphatic heterocycles. The molecule has 6 heteroatoms. The number of hydrogen-bond acceptors (Lipinski definition) is 4. The number of benzene rings is 1. The van der Waals surface area contributed by atoms with Crippen LogP contribution in [0, 0.1) is 11.7 Å². The number of likely N-dealkylation sites (tertiary alicyclic amines) is 1. The van der Waals surface area contributed by atoms with Crippen LogP contribution in [0.25, 0.3) is 0 Å². The Balaban J connectivity index is 1.48. The Morgan fingerprint density at radius 3 is 2.65 bits per heavy atom. The van der Waals surface area contributed by atoms with E-state index in [1.165, 1.54) is 6.07 Å². The van der Waals surface area contributed by atoms with Gasteiger partial charge < -0.3 is 14.7 Å². The number of nitrogens with zero attached hydrogens (tertiary/aromatic N) is 2. The van der Waals surface area contributed by atoms with E-state index < -0.39 is 6.61 Å². The zero-order valence-electron chi connectivity index (χ0n) is 15.3. The lowest BCUT2D eigenvalue weighted by molar-refractivity contribution is -0.136. The van der Waals surface area contributed by atoms with Crippen LogP contribution in [0.5, 0.6) is 0 Å². The Kier molecular flexibility index (Phi) is 7.00. The van der Waals surface area contributed by atoms with Crippen LogP contribution in [-0.2, 0) is 16.1 Å². The first-order chi connectivity index (χ1) is 12.7. The van der Waals surface area contributed by atoms with Gasteiger partial charge in [-0.3, -0.25) is 9.69 Å². The van der Waals surface area contributed by atoms with Crippen LogP contribution in [0.15, 0.2) is 24.3 Å². The van der Waals surface area contributed by atoms with E-state index >= 15 is 0 Å². The van der Waals surface area contributed by atoms with Gasteiger partial charge in [0.15, 0.2) is 0 Å². The molecule has 1 aromatic rings. The summed E-state index contributed by atoms with van der Waals surface area (Å²) < 4.78 is 19.5. The number of carbonyl (C=O) groups is 1. The molecule has 2 aliphatic rings. The Hall–Kier alpha value is -1.50. The standard InChI is InChI=1S/C20H29FN2O3/c21-19-6-2-1-4-17(19)13-22-9-7-16(8-10-22)12-23(20(25)15-24)14-18-5-3-11-26-18/h1-2,4,6,16,18,24H,3,5,7-15H2. The van der Waals surface area contributed by atoms with Crippen molar-refractivity contribution in [2.45, 2.75) is 38.3 Å². The summed E-state index contributed by atoms with van der Waals surface area (Å²) in [6.07, 6.45) is 4.09. The number of aliphatic hydroxyl groups excluding tert-OH is 1. The van der Waals surface area contributed by atoms with Gasteiger partial charge in [-0.1, -0.05) is 18.2 Å². The molecule has 1 aromatic carbocycles. The van der Waals surface area contributed by atoms with Gasteiger partial charge >= 0.3 is 0 Å². The molecule has 0 bridgehead atoms. The first-order valence-corrected chi connectivity index (χ1v) is 9.61. The predicted molar refractivity (Wildman–Crippen MR) is 97.0 cm³/mol. The third-order valence-electron chi connectivity index (χ3n) is 5.47. The lowest BCUT2D eigenvalue weighted by Crippen LogP contribution is -2.44. The van der Waals surface area contributed by atoms with Gasteiger partial charge in [0.2, 0.25) is 5.91 Å². The molecule has 1 atom stereocenters. The summed E-state index contributed by atoms with van der Waals surface area (Å²) in [5.41, 5.74) is 0.737. The molecule has 1 amide bonds. The van der Waals surface area contributed by atoms with Crippen molar-refractivity contribution >= 4 is 5.91 Å². The number of amides is 1. The summed E-state index contributed by atoms with van der Waals surface area (Å²) in [7, 11) is 0. The normalized spacial score (nSPS) is 21.8. The molecule has 0 radical (unpaired) electrons. The lowest BCUT2D eigenvalue weighted by atomic mass is 9.95. The van der Waals surface area contributed by atoms with Crippen molar-refractivity contribution in [2.75, 3.05) is 39.4 Å². The SMILES string of the molecule is O=C(CO)N(CC1CCN(Cc2ccccc2F)CC1)CC1CCCO1. The molecule has 2 heterocycles. The van der Waals surface area contributed by atoms with E-state index in [-0.39, 0.29) is 17.8 Å².